The Morgan fingerprint density at radius 1 is 1.10 bits per heavy atom. The van der Waals surface area contributed by atoms with Crippen molar-refractivity contribution in [1.29, 1.82) is 0 Å². The third-order valence-corrected chi connectivity index (χ3v) is 3.09. The van der Waals surface area contributed by atoms with Crippen molar-refractivity contribution in [2.75, 3.05) is 22.9 Å². The van der Waals surface area contributed by atoms with Crippen LogP contribution >= 0.6 is 0 Å². The molecule has 21 heavy (non-hydrogen) atoms. The minimum Gasteiger partial charge on any atom is -0.494 e. The molecule has 0 spiro atoms. The first-order chi connectivity index (χ1) is 9.96. The van der Waals surface area contributed by atoms with Gasteiger partial charge in [-0.15, -0.1) is 0 Å². The Kier molecular flexibility index (Phi) is 4.64. The third-order valence-electron chi connectivity index (χ3n) is 2.51. The lowest BCUT2D eigenvalue weighted by molar-refractivity contribution is 0.340. The Morgan fingerprint density at radius 2 is 1.76 bits per heavy atom. The van der Waals surface area contributed by atoms with Crippen LogP contribution in [-0.2, 0) is 10.0 Å². The fourth-order valence-electron chi connectivity index (χ4n) is 1.69. The van der Waals surface area contributed by atoms with E-state index in [1.807, 2.05) is 31.2 Å². The van der Waals surface area contributed by atoms with Crippen LogP contribution in [-0.4, -0.2) is 26.3 Å². The van der Waals surface area contributed by atoms with Gasteiger partial charge in [-0.3, -0.25) is 4.72 Å². The van der Waals surface area contributed by atoms with Gasteiger partial charge in [0.25, 0.3) is 0 Å². The van der Waals surface area contributed by atoms with E-state index in [9.17, 15) is 8.42 Å². The van der Waals surface area contributed by atoms with Crippen LogP contribution in [0.3, 0.4) is 0 Å². The molecule has 0 radical (unpaired) electrons. The molecule has 1 aromatic carbocycles. The van der Waals surface area contributed by atoms with Crippen LogP contribution < -0.4 is 14.8 Å². The minimum atomic E-state index is -3.31. The Morgan fingerprint density at radius 3 is 2.29 bits per heavy atom. The quantitative estimate of drug-likeness (QED) is 0.857. The minimum absolute atomic E-state index is 0.287. The van der Waals surface area contributed by atoms with Gasteiger partial charge in [-0.05, 0) is 43.3 Å². The van der Waals surface area contributed by atoms with Gasteiger partial charge in [0.05, 0.1) is 24.7 Å². The number of ether oxygens (including phenoxy) is 1. The topological polar surface area (TPSA) is 80.3 Å². The first kappa shape index (κ1) is 15.1. The molecule has 0 atom stereocenters. The molecule has 0 amide bonds. The van der Waals surface area contributed by atoms with E-state index in [0.29, 0.717) is 6.61 Å². The number of hydrogen-bond donors (Lipinski definition) is 2. The molecule has 0 aliphatic rings. The maximum absolute atomic E-state index is 11.1. The summed E-state index contributed by atoms with van der Waals surface area (Å²) < 4.78 is 29.8. The molecule has 0 unspecified atom stereocenters. The van der Waals surface area contributed by atoms with Crippen LogP contribution in [0.15, 0.2) is 42.6 Å². The molecular weight excluding hydrogens is 290 g/mol. The molecule has 0 bridgehead atoms. The monoisotopic (exact) mass is 307 g/mol. The van der Waals surface area contributed by atoms with Gasteiger partial charge in [-0.25, -0.2) is 13.4 Å². The van der Waals surface area contributed by atoms with Crippen molar-refractivity contribution in [1.82, 2.24) is 4.98 Å². The molecular formula is C14H17N3O3S. The van der Waals surface area contributed by atoms with Gasteiger partial charge < -0.3 is 10.1 Å². The van der Waals surface area contributed by atoms with E-state index in [1.54, 1.807) is 18.3 Å². The van der Waals surface area contributed by atoms with Crippen molar-refractivity contribution in [2.45, 2.75) is 6.92 Å². The molecule has 1 aromatic heterocycles. The van der Waals surface area contributed by atoms with Gasteiger partial charge in [-0.1, -0.05) is 0 Å². The van der Waals surface area contributed by atoms with Crippen LogP contribution in [0.1, 0.15) is 6.92 Å². The number of anilines is 3. The largest absolute Gasteiger partial charge is 0.494 e. The van der Waals surface area contributed by atoms with Crippen molar-refractivity contribution >= 4 is 27.2 Å². The van der Waals surface area contributed by atoms with Crippen molar-refractivity contribution < 1.29 is 13.2 Å². The average molecular weight is 307 g/mol. The SMILES string of the molecule is CCOc1ccc(Nc2ccc(NS(C)(=O)=O)nc2)cc1. The number of rotatable bonds is 6. The predicted octanol–water partition coefficient (Wildman–Crippen LogP) is 2.60. The highest BCUT2D eigenvalue weighted by molar-refractivity contribution is 7.92. The molecule has 0 saturated carbocycles. The average Bonchev–Trinajstić information content (AvgIpc) is 2.42. The molecule has 0 aliphatic heterocycles. The maximum Gasteiger partial charge on any atom is 0.230 e. The summed E-state index contributed by atoms with van der Waals surface area (Å²) in [4.78, 5) is 4.03. The highest BCUT2D eigenvalue weighted by Crippen LogP contribution is 2.20. The first-order valence-corrected chi connectivity index (χ1v) is 8.29. The smallest absolute Gasteiger partial charge is 0.230 e. The van der Waals surface area contributed by atoms with Crippen molar-refractivity contribution in [2.24, 2.45) is 0 Å². The van der Waals surface area contributed by atoms with E-state index in [1.165, 1.54) is 0 Å². The summed E-state index contributed by atoms with van der Waals surface area (Å²) in [5.41, 5.74) is 1.65. The van der Waals surface area contributed by atoms with Gasteiger partial charge in [0.2, 0.25) is 10.0 Å². The zero-order chi connectivity index (χ0) is 15.3. The van der Waals surface area contributed by atoms with Gasteiger partial charge in [-0.2, -0.15) is 0 Å². The second-order valence-electron chi connectivity index (χ2n) is 4.39. The van der Waals surface area contributed by atoms with E-state index in [0.717, 1.165) is 23.4 Å². The lowest BCUT2D eigenvalue weighted by atomic mass is 10.3. The highest BCUT2D eigenvalue weighted by atomic mass is 32.2. The number of nitrogens with one attached hydrogen (secondary N) is 2. The fourth-order valence-corrected chi connectivity index (χ4v) is 2.19. The zero-order valence-electron chi connectivity index (χ0n) is 11.8. The Hall–Kier alpha value is -2.28. The molecule has 2 N–H and O–H groups in total. The van der Waals surface area contributed by atoms with E-state index < -0.39 is 10.0 Å². The molecule has 6 nitrogen and oxygen atoms in total. The van der Waals surface area contributed by atoms with Crippen molar-refractivity contribution in [3.63, 3.8) is 0 Å². The van der Waals surface area contributed by atoms with E-state index in [-0.39, 0.29) is 5.82 Å². The van der Waals surface area contributed by atoms with Crippen LogP contribution in [0.2, 0.25) is 0 Å². The van der Waals surface area contributed by atoms with Crippen molar-refractivity contribution in [3.8, 4) is 5.75 Å². The molecule has 2 aromatic rings. The van der Waals surface area contributed by atoms with E-state index in [2.05, 4.69) is 15.0 Å². The predicted molar refractivity (Wildman–Crippen MR) is 83.6 cm³/mol. The van der Waals surface area contributed by atoms with Gasteiger partial charge in [0.1, 0.15) is 11.6 Å². The highest BCUT2D eigenvalue weighted by Gasteiger charge is 2.03. The second-order valence-corrected chi connectivity index (χ2v) is 6.14. The van der Waals surface area contributed by atoms with Crippen LogP contribution in [0.25, 0.3) is 0 Å². The molecule has 0 fully saturated rings. The number of benzene rings is 1. The van der Waals surface area contributed by atoms with Crippen LogP contribution in [0.5, 0.6) is 5.75 Å². The molecule has 0 saturated heterocycles. The molecule has 7 heteroatoms. The summed E-state index contributed by atoms with van der Waals surface area (Å²) in [7, 11) is -3.31. The Labute approximate surface area is 124 Å². The molecule has 0 aliphatic carbocycles. The molecule has 2 rings (SSSR count). The summed E-state index contributed by atoms with van der Waals surface area (Å²) in [6.07, 6.45) is 2.64. The van der Waals surface area contributed by atoms with Gasteiger partial charge in [0.15, 0.2) is 0 Å². The fraction of sp³-hybridized carbons (Fsp3) is 0.214. The number of nitrogens with zero attached hydrogens (tertiary/aromatic N) is 1. The van der Waals surface area contributed by atoms with Crippen molar-refractivity contribution in [3.05, 3.63) is 42.6 Å². The lowest BCUT2D eigenvalue weighted by Crippen LogP contribution is -2.10. The third kappa shape index (κ3) is 4.96. The zero-order valence-corrected chi connectivity index (χ0v) is 12.6. The summed E-state index contributed by atoms with van der Waals surface area (Å²) in [6.45, 7) is 2.56. The summed E-state index contributed by atoms with van der Waals surface area (Å²) in [5, 5.41) is 3.17. The number of pyridine rings is 1. The maximum atomic E-state index is 11.1. The lowest BCUT2D eigenvalue weighted by Gasteiger charge is -2.08. The second kappa shape index (κ2) is 6.45. The van der Waals surface area contributed by atoms with E-state index in [4.69, 9.17) is 4.74 Å². The van der Waals surface area contributed by atoms with Gasteiger partial charge in [0, 0.05) is 5.69 Å². The number of sulfonamides is 1. The van der Waals surface area contributed by atoms with Gasteiger partial charge >= 0.3 is 0 Å². The summed E-state index contributed by atoms with van der Waals surface area (Å²) >= 11 is 0. The van der Waals surface area contributed by atoms with Crippen LogP contribution in [0, 0.1) is 0 Å². The van der Waals surface area contributed by atoms with Crippen LogP contribution in [0.4, 0.5) is 17.2 Å². The first-order valence-electron chi connectivity index (χ1n) is 6.40. The molecule has 112 valence electrons. The number of aromatic nitrogens is 1. The normalized spacial score (nSPS) is 11.0. The summed E-state index contributed by atoms with van der Waals surface area (Å²) in [5.74, 6) is 1.10. The Bertz CT molecular complexity index is 682. The molecule has 1 heterocycles. The standard InChI is InChI=1S/C14H17N3O3S/c1-3-20-13-7-4-11(5-8-13)16-12-6-9-14(15-10-12)17-21(2,18)19/h4-10,16H,3H2,1-2H3,(H,15,17). The Balaban J connectivity index is 2.02. The van der Waals surface area contributed by atoms with E-state index >= 15 is 0 Å². The summed E-state index contributed by atoms with van der Waals surface area (Å²) in [6, 6.07) is 10.9. The number of hydrogen-bond acceptors (Lipinski definition) is 5.